The van der Waals surface area contributed by atoms with Crippen LogP contribution in [-0.2, 0) is 4.74 Å². The highest BCUT2D eigenvalue weighted by molar-refractivity contribution is 7.09. The minimum atomic E-state index is -0.475. The predicted molar refractivity (Wildman–Crippen MR) is 47.5 cm³/mol. The van der Waals surface area contributed by atoms with Crippen LogP contribution in [0.5, 0.6) is 0 Å². The fourth-order valence-electron chi connectivity index (χ4n) is 0.615. The molecule has 0 aliphatic rings. The maximum absolute atomic E-state index is 11.1. The van der Waals surface area contributed by atoms with E-state index in [-0.39, 0.29) is 15.7 Å². The maximum Gasteiger partial charge on any atom is 0.351 e. The van der Waals surface area contributed by atoms with E-state index in [1.807, 2.05) is 0 Å². The van der Waals surface area contributed by atoms with Gasteiger partial charge in [0.25, 0.3) is 0 Å². The van der Waals surface area contributed by atoms with Gasteiger partial charge >= 0.3 is 5.97 Å². The first-order valence-electron chi connectivity index (χ1n) is 3.24. The first-order valence-corrected chi connectivity index (χ1v) is 4.39. The number of carbonyl (C=O) groups is 1. The fraction of sp³-hybridized carbons (Fsp3) is 0.333. The summed E-state index contributed by atoms with van der Waals surface area (Å²) in [5.74, 6) is -0.304. The highest BCUT2D eigenvalue weighted by Gasteiger charge is 2.17. The van der Waals surface area contributed by atoms with Crippen LogP contribution in [-0.4, -0.2) is 16.9 Å². The molecule has 0 spiro atoms. The zero-order valence-electron chi connectivity index (χ0n) is 6.33. The number of ether oxygens (including phenoxy) is 1. The summed E-state index contributed by atoms with van der Waals surface area (Å²) in [5.41, 5.74) is 5.33. The minimum absolute atomic E-state index is 0.171. The van der Waals surface area contributed by atoms with Crippen molar-refractivity contribution in [2.24, 2.45) is 0 Å². The van der Waals surface area contributed by atoms with Gasteiger partial charge in [-0.1, -0.05) is 11.6 Å². The van der Waals surface area contributed by atoms with Crippen molar-refractivity contribution in [3.8, 4) is 0 Å². The van der Waals surface area contributed by atoms with Crippen LogP contribution in [0.1, 0.15) is 16.6 Å². The van der Waals surface area contributed by atoms with Crippen molar-refractivity contribution >= 4 is 34.9 Å². The summed E-state index contributed by atoms with van der Waals surface area (Å²) < 4.78 is 8.42. The van der Waals surface area contributed by atoms with E-state index in [0.717, 1.165) is 11.5 Å². The van der Waals surface area contributed by atoms with E-state index >= 15 is 0 Å². The zero-order chi connectivity index (χ0) is 9.14. The van der Waals surface area contributed by atoms with Crippen molar-refractivity contribution in [2.75, 3.05) is 12.3 Å². The topological polar surface area (TPSA) is 65.2 Å². The largest absolute Gasteiger partial charge is 0.462 e. The smallest absolute Gasteiger partial charge is 0.351 e. The number of carbonyl (C=O) groups excluding carboxylic acids is 1. The van der Waals surface area contributed by atoms with Crippen LogP contribution in [0, 0.1) is 0 Å². The van der Waals surface area contributed by atoms with Crippen LogP contribution in [0.25, 0.3) is 0 Å². The highest BCUT2D eigenvalue weighted by Crippen LogP contribution is 2.26. The lowest BCUT2D eigenvalue weighted by molar-refractivity contribution is 0.0532. The van der Waals surface area contributed by atoms with E-state index in [1.165, 1.54) is 0 Å². The van der Waals surface area contributed by atoms with Crippen molar-refractivity contribution < 1.29 is 9.53 Å². The summed E-state index contributed by atoms with van der Waals surface area (Å²) in [6.07, 6.45) is 0. The molecule has 0 atom stereocenters. The number of halogens is 1. The third-order valence-electron chi connectivity index (χ3n) is 1.12. The van der Waals surface area contributed by atoms with Crippen molar-refractivity contribution in [1.29, 1.82) is 0 Å². The molecule has 0 fully saturated rings. The molecule has 1 aromatic heterocycles. The Bertz CT molecular complexity index is 300. The number of rotatable bonds is 2. The molecule has 0 aromatic carbocycles. The molecular formula is C6H7ClN2O2S. The van der Waals surface area contributed by atoms with Crippen LogP contribution in [0.4, 0.5) is 5.82 Å². The van der Waals surface area contributed by atoms with E-state index in [1.54, 1.807) is 6.92 Å². The van der Waals surface area contributed by atoms with Gasteiger partial charge in [-0.05, 0) is 18.5 Å². The van der Waals surface area contributed by atoms with Crippen LogP contribution in [0.3, 0.4) is 0 Å². The van der Waals surface area contributed by atoms with Gasteiger partial charge in [0.15, 0.2) is 10.7 Å². The summed E-state index contributed by atoms with van der Waals surface area (Å²) in [6.45, 7) is 2.03. The highest BCUT2D eigenvalue weighted by atomic mass is 35.5. The standard InChI is InChI=1S/C6H7ClN2O2S/c1-2-11-6(10)4-3(7)5(8)9-12-4/h2H2,1H3,(H2,8,9). The second-order valence-corrected chi connectivity index (χ2v) is 3.08. The Morgan fingerprint density at radius 1 is 1.83 bits per heavy atom. The number of hydrogen-bond donors (Lipinski definition) is 1. The van der Waals surface area contributed by atoms with Gasteiger partial charge < -0.3 is 10.5 Å². The van der Waals surface area contributed by atoms with Crippen LogP contribution in [0.2, 0.25) is 5.02 Å². The summed E-state index contributed by atoms with van der Waals surface area (Å²) in [5, 5.41) is 0.179. The summed E-state index contributed by atoms with van der Waals surface area (Å²) in [4.78, 5) is 11.3. The van der Waals surface area contributed by atoms with E-state index in [0.29, 0.717) is 6.61 Å². The van der Waals surface area contributed by atoms with E-state index in [4.69, 9.17) is 22.1 Å². The summed E-state index contributed by atoms with van der Waals surface area (Å²) in [7, 11) is 0. The molecule has 0 saturated carbocycles. The van der Waals surface area contributed by atoms with E-state index < -0.39 is 5.97 Å². The van der Waals surface area contributed by atoms with Gasteiger partial charge in [-0.25, -0.2) is 4.79 Å². The Balaban J connectivity index is 2.88. The molecule has 0 amide bonds. The van der Waals surface area contributed by atoms with Crippen molar-refractivity contribution in [3.63, 3.8) is 0 Å². The van der Waals surface area contributed by atoms with Crippen molar-refractivity contribution in [2.45, 2.75) is 6.92 Å². The lowest BCUT2D eigenvalue weighted by atomic mass is 10.5. The normalized spacial score (nSPS) is 9.83. The Morgan fingerprint density at radius 3 is 2.92 bits per heavy atom. The zero-order valence-corrected chi connectivity index (χ0v) is 7.91. The van der Waals surface area contributed by atoms with Gasteiger partial charge in [0.1, 0.15) is 5.02 Å². The lowest BCUT2D eigenvalue weighted by Gasteiger charge is -1.96. The number of nitrogens with two attached hydrogens (primary N) is 1. The molecule has 6 heteroatoms. The maximum atomic E-state index is 11.1. The molecule has 12 heavy (non-hydrogen) atoms. The number of aromatic nitrogens is 1. The number of esters is 1. The molecule has 1 rings (SSSR count). The van der Waals surface area contributed by atoms with E-state index in [9.17, 15) is 4.79 Å². The SMILES string of the molecule is CCOC(=O)c1snc(N)c1Cl. The quantitative estimate of drug-likeness (QED) is 0.746. The van der Waals surface area contributed by atoms with Gasteiger partial charge in [-0.3, -0.25) is 0 Å². The van der Waals surface area contributed by atoms with E-state index in [2.05, 4.69) is 4.37 Å². The average Bonchev–Trinajstić information content (AvgIpc) is 2.34. The van der Waals surface area contributed by atoms with Crippen LogP contribution >= 0.6 is 23.1 Å². The summed E-state index contributed by atoms with van der Waals surface area (Å²) >= 11 is 6.60. The third-order valence-corrected chi connectivity index (χ3v) is 2.46. The second kappa shape index (κ2) is 3.73. The van der Waals surface area contributed by atoms with Gasteiger partial charge in [-0.15, -0.1) is 0 Å². The van der Waals surface area contributed by atoms with Crippen molar-refractivity contribution in [3.05, 3.63) is 9.90 Å². The molecule has 0 radical (unpaired) electrons. The van der Waals surface area contributed by atoms with Crippen LogP contribution in [0.15, 0.2) is 0 Å². The number of hydrogen-bond acceptors (Lipinski definition) is 5. The lowest BCUT2D eigenvalue weighted by Crippen LogP contribution is -2.02. The molecule has 1 aromatic rings. The first kappa shape index (κ1) is 9.28. The molecule has 0 aliphatic heterocycles. The number of nitrogens with zero attached hydrogens (tertiary/aromatic N) is 1. The van der Waals surface area contributed by atoms with Gasteiger partial charge in [0.05, 0.1) is 6.61 Å². The van der Waals surface area contributed by atoms with Crippen LogP contribution < -0.4 is 5.73 Å². The molecule has 1 heterocycles. The Kier molecular flexibility index (Phi) is 2.88. The molecule has 2 N–H and O–H groups in total. The molecule has 0 saturated heterocycles. The fourth-order valence-corrected chi connectivity index (χ4v) is 1.49. The third kappa shape index (κ3) is 1.67. The first-order chi connectivity index (χ1) is 5.66. The molecular weight excluding hydrogens is 200 g/mol. The predicted octanol–water partition coefficient (Wildman–Crippen LogP) is 1.56. The van der Waals surface area contributed by atoms with Gasteiger partial charge in [-0.2, -0.15) is 4.37 Å². The number of nitrogen functional groups attached to an aromatic ring is 1. The Hall–Kier alpha value is -0.810. The van der Waals surface area contributed by atoms with Gasteiger partial charge in [0, 0.05) is 0 Å². The Labute approximate surface area is 78.4 Å². The average molecular weight is 207 g/mol. The van der Waals surface area contributed by atoms with Crippen molar-refractivity contribution in [1.82, 2.24) is 4.37 Å². The molecule has 66 valence electrons. The molecule has 0 aliphatic carbocycles. The Morgan fingerprint density at radius 2 is 2.50 bits per heavy atom. The number of anilines is 1. The second-order valence-electron chi connectivity index (χ2n) is 1.93. The molecule has 0 unspecified atom stereocenters. The molecule has 0 bridgehead atoms. The van der Waals surface area contributed by atoms with Gasteiger partial charge in [0.2, 0.25) is 0 Å². The minimum Gasteiger partial charge on any atom is -0.462 e. The monoisotopic (exact) mass is 206 g/mol. The molecule has 4 nitrogen and oxygen atoms in total. The summed E-state index contributed by atoms with van der Waals surface area (Å²) in [6, 6.07) is 0.